The van der Waals surface area contributed by atoms with Gasteiger partial charge in [-0.25, -0.2) is 0 Å². The Labute approximate surface area is 88.2 Å². The highest BCUT2D eigenvalue weighted by atomic mass is 15.4. The maximum absolute atomic E-state index is 4.06. The van der Waals surface area contributed by atoms with Crippen LogP contribution in [0.1, 0.15) is 66.2 Å². The Morgan fingerprint density at radius 2 is 1.71 bits per heavy atom. The van der Waals surface area contributed by atoms with Crippen LogP contribution in [0.4, 0.5) is 0 Å². The normalized spacial score (nSPS) is 18.6. The number of hydrogen-bond donors (Lipinski definition) is 0. The van der Waals surface area contributed by atoms with E-state index in [1.807, 2.05) is 0 Å². The third-order valence-electron chi connectivity index (χ3n) is 3.17. The minimum absolute atomic E-state index is 0.00201. The van der Waals surface area contributed by atoms with Crippen LogP contribution < -0.4 is 0 Å². The first-order chi connectivity index (χ1) is 6.47. The summed E-state index contributed by atoms with van der Waals surface area (Å²) >= 11 is 0. The van der Waals surface area contributed by atoms with Crippen LogP contribution in [0.2, 0.25) is 0 Å². The van der Waals surface area contributed by atoms with E-state index in [-0.39, 0.29) is 5.66 Å². The van der Waals surface area contributed by atoms with E-state index in [9.17, 15) is 0 Å². The van der Waals surface area contributed by atoms with Crippen molar-refractivity contribution in [2.75, 3.05) is 0 Å². The summed E-state index contributed by atoms with van der Waals surface area (Å²) in [6.07, 6.45) is 7.78. The molecule has 1 rings (SSSR count). The van der Waals surface area contributed by atoms with Gasteiger partial charge in [0.05, 0.1) is 0 Å². The topological polar surface area (TPSA) is 24.7 Å². The standard InChI is InChI=1S/C12H24N2/c1-5-6-7-8-11(2,3)9-10-12(4)13-14-12/h5-10H2,1-4H3. The Kier molecular flexibility index (Phi) is 3.68. The first kappa shape index (κ1) is 11.7. The second-order valence-electron chi connectivity index (χ2n) is 5.54. The predicted molar refractivity (Wildman–Crippen MR) is 60.4 cm³/mol. The molecular weight excluding hydrogens is 172 g/mol. The lowest BCUT2D eigenvalue weighted by Gasteiger charge is -2.25. The Morgan fingerprint density at radius 3 is 2.21 bits per heavy atom. The third kappa shape index (κ3) is 4.21. The van der Waals surface area contributed by atoms with Crippen molar-refractivity contribution in [3.8, 4) is 0 Å². The number of nitrogens with zero attached hydrogens (tertiary/aromatic N) is 2. The molecule has 1 aliphatic heterocycles. The van der Waals surface area contributed by atoms with Crippen molar-refractivity contribution in [1.29, 1.82) is 0 Å². The average molecular weight is 196 g/mol. The van der Waals surface area contributed by atoms with Crippen LogP contribution in [-0.4, -0.2) is 5.66 Å². The Bertz CT molecular complexity index is 200. The van der Waals surface area contributed by atoms with Crippen molar-refractivity contribution in [2.45, 2.75) is 71.9 Å². The van der Waals surface area contributed by atoms with E-state index in [2.05, 4.69) is 37.9 Å². The van der Waals surface area contributed by atoms with Crippen molar-refractivity contribution < 1.29 is 0 Å². The van der Waals surface area contributed by atoms with Crippen LogP contribution >= 0.6 is 0 Å². The summed E-state index contributed by atoms with van der Waals surface area (Å²) in [5.41, 5.74) is 0.480. The highest BCUT2D eigenvalue weighted by molar-refractivity contribution is 4.89. The molecule has 14 heavy (non-hydrogen) atoms. The molecule has 0 spiro atoms. The molecule has 1 heterocycles. The molecule has 0 aromatic heterocycles. The summed E-state index contributed by atoms with van der Waals surface area (Å²) < 4.78 is 0. The molecule has 0 aromatic rings. The Morgan fingerprint density at radius 1 is 1.07 bits per heavy atom. The fourth-order valence-electron chi connectivity index (χ4n) is 1.74. The minimum Gasteiger partial charge on any atom is -0.159 e. The molecule has 0 bridgehead atoms. The Balaban J connectivity index is 2.13. The van der Waals surface area contributed by atoms with E-state index in [0.717, 1.165) is 6.42 Å². The first-order valence-corrected chi connectivity index (χ1v) is 5.91. The van der Waals surface area contributed by atoms with E-state index in [4.69, 9.17) is 0 Å². The van der Waals surface area contributed by atoms with Gasteiger partial charge in [-0.15, -0.1) is 0 Å². The van der Waals surface area contributed by atoms with Gasteiger partial charge in [0.2, 0.25) is 0 Å². The zero-order chi connectivity index (χ0) is 10.7. The summed E-state index contributed by atoms with van der Waals surface area (Å²) in [6, 6.07) is 0. The molecule has 0 radical (unpaired) electrons. The van der Waals surface area contributed by atoms with Crippen molar-refractivity contribution in [3.05, 3.63) is 0 Å². The molecule has 0 fully saturated rings. The third-order valence-corrected chi connectivity index (χ3v) is 3.17. The summed E-state index contributed by atoms with van der Waals surface area (Å²) in [5.74, 6) is 0. The number of rotatable bonds is 7. The van der Waals surface area contributed by atoms with Gasteiger partial charge < -0.3 is 0 Å². The highest BCUT2D eigenvalue weighted by Crippen LogP contribution is 2.38. The Hall–Kier alpha value is -0.400. The zero-order valence-electron chi connectivity index (χ0n) is 10.1. The summed E-state index contributed by atoms with van der Waals surface area (Å²) in [7, 11) is 0. The minimum atomic E-state index is 0.00201. The van der Waals surface area contributed by atoms with Gasteiger partial charge in [-0.3, -0.25) is 0 Å². The van der Waals surface area contributed by atoms with Gasteiger partial charge >= 0.3 is 0 Å². The molecular formula is C12H24N2. The molecule has 82 valence electrons. The molecule has 2 heteroatoms. The van der Waals surface area contributed by atoms with Crippen LogP contribution in [-0.2, 0) is 0 Å². The van der Waals surface area contributed by atoms with E-state index < -0.39 is 0 Å². The SMILES string of the molecule is CCCCCC(C)(C)CCC1(C)N=N1. The van der Waals surface area contributed by atoms with Crippen molar-refractivity contribution in [3.63, 3.8) is 0 Å². The van der Waals surface area contributed by atoms with Gasteiger partial charge in [-0.05, 0) is 31.6 Å². The van der Waals surface area contributed by atoms with E-state index in [0.29, 0.717) is 5.41 Å². The predicted octanol–water partition coefficient (Wildman–Crippen LogP) is 4.56. The van der Waals surface area contributed by atoms with Crippen LogP contribution in [0, 0.1) is 5.41 Å². The average Bonchev–Trinajstić information content (AvgIpc) is 2.82. The first-order valence-electron chi connectivity index (χ1n) is 5.91. The molecule has 0 saturated heterocycles. The maximum Gasteiger partial charge on any atom is 0.188 e. The van der Waals surface area contributed by atoms with Crippen LogP contribution in [0.5, 0.6) is 0 Å². The second-order valence-corrected chi connectivity index (χ2v) is 5.54. The molecule has 0 N–H and O–H groups in total. The van der Waals surface area contributed by atoms with E-state index >= 15 is 0 Å². The lowest BCUT2D eigenvalue weighted by molar-refractivity contribution is 0.274. The summed E-state index contributed by atoms with van der Waals surface area (Å²) in [4.78, 5) is 0. The quantitative estimate of drug-likeness (QED) is 0.533. The monoisotopic (exact) mass is 196 g/mol. The van der Waals surface area contributed by atoms with Gasteiger partial charge in [0.1, 0.15) is 0 Å². The van der Waals surface area contributed by atoms with Gasteiger partial charge in [0.15, 0.2) is 5.66 Å². The van der Waals surface area contributed by atoms with Gasteiger partial charge in [0.25, 0.3) is 0 Å². The summed E-state index contributed by atoms with van der Waals surface area (Å²) in [5, 5.41) is 8.12. The molecule has 2 nitrogen and oxygen atoms in total. The number of unbranched alkanes of at least 4 members (excludes halogenated alkanes) is 2. The summed E-state index contributed by atoms with van der Waals surface area (Å²) in [6.45, 7) is 9.12. The molecule has 0 amide bonds. The molecule has 0 aliphatic carbocycles. The van der Waals surface area contributed by atoms with Crippen LogP contribution in [0.15, 0.2) is 10.2 Å². The van der Waals surface area contributed by atoms with Gasteiger partial charge in [-0.1, -0.05) is 40.0 Å². The largest absolute Gasteiger partial charge is 0.188 e. The highest BCUT2D eigenvalue weighted by Gasteiger charge is 2.35. The van der Waals surface area contributed by atoms with Crippen molar-refractivity contribution >= 4 is 0 Å². The van der Waals surface area contributed by atoms with Crippen molar-refractivity contribution in [1.82, 2.24) is 0 Å². The van der Waals surface area contributed by atoms with Crippen molar-refractivity contribution in [2.24, 2.45) is 15.6 Å². The van der Waals surface area contributed by atoms with Crippen LogP contribution in [0.25, 0.3) is 0 Å². The van der Waals surface area contributed by atoms with Gasteiger partial charge in [-0.2, -0.15) is 10.2 Å². The van der Waals surface area contributed by atoms with Gasteiger partial charge in [0, 0.05) is 0 Å². The fraction of sp³-hybridized carbons (Fsp3) is 1.00. The smallest absolute Gasteiger partial charge is 0.159 e. The molecule has 0 atom stereocenters. The fourth-order valence-corrected chi connectivity index (χ4v) is 1.74. The lowest BCUT2D eigenvalue weighted by atomic mass is 9.81. The molecule has 0 aromatic carbocycles. The number of hydrogen-bond acceptors (Lipinski definition) is 2. The lowest BCUT2D eigenvalue weighted by Crippen LogP contribution is -2.15. The maximum atomic E-state index is 4.06. The second kappa shape index (κ2) is 4.41. The van der Waals surface area contributed by atoms with E-state index in [1.54, 1.807) is 0 Å². The molecule has 0 unspecified atom stereocenters. The van der Waals surface area contributed by atoms with E-state index in [1.165, 1.54) is 32.1 Å². The van der Waals surface area contributed by atoms with Crippen LogP contribution in [0.3, 0.4) is 0 Å². The zero-order valence-corrected chi connectivity index (χ0v) is 10.1. The molecule has 1 aliphatic rings. The molecule has 0 saturated carbocycles.